The quantitative estimate of drug-likeness (QED) is 0.417. The molecule has 4 aromatic rings. The lowest BCUT2D eigenvalue weighted by Gasteiger charge is -2.12. The van der Waals surface area contributed by atoms with Gasteiger partial charge in [0.15, 0.2) is 0 Å². The smallest absolute Gasteiger partial charge is 0.349 e. The number of ether oxygens (including phenoxy) is 1. The number of rotatable bonds is 6. The summed E-state index contributed by atoms with van der Waals surface area (Å²) in [5, 5.41) is -0.252. The molecule has 13 heteroatoms. The first-order valence-corrected chi connectivity index (χ1v) is 11.8. The van der Waals surface area contributed by atoms with Gasteiger partial charge in [0, 0.05) is 24.1 Å². The third kappa shape index (κ3) is 4.62. The van der Waals surface area contributed by atoms with E-state index in [4.69, 9.17) is 22.1 Å². The van der Waals surface area contributed by atoms with Crippen molar-refractivity contribution in [1.82, 2.24) is 13.1 Å². The van der Waals surface area contributed by atoms with Gasteiger partial charge >= 0.3 is 11.7 Å². The fraction of sp³-hybridized carbons (Fsp3) is 0.136. The number of hydrogen-bond acceptors (Lipinski definition) is 5. The standard InChI is InChI=1S/C22H17ClF2N4O5S/c1-35(33)29-16-5-2-12(8-17(16)28(21(26)31)22(29)32)10-27-7-6-18(19(23)20(27)30)34-11-13-3-4-14(24)9-15(13)25/h2-9H,10-11H2,1H3,(H2,26,31). The van der Waals surface area contributed by atoms with Gasteiger partial charge in [-0.15, -0.1) is 0 Å². The van der Waals surface area contributed by atoms with Gasteiger partial charge in [-0.3, -0.25) is 4.79 Å². The number of halogens is 3. The van der Waals surface area contributed by atoms with E-state index in [0.717, 1.165) is 16.1 Å². The SMILES string of the molecule is CS(=O)n1c(=O)n(C(N)=O)c2cc(Cn3ccc(OCc4ccc(F)cc4F)c(Cl)c3=O)ccc21. The fourth-order valence-corrected chi connectivity index (χ4v) is 4.49. The summed E-state index contributed by atoms with van der Waals surface area (Å²) in [5.74, 6) is -1.50. The van der Waals surface area contributed by atoms with Gasteiger partial charge in [0.1, 0.15) is 40.0 Å². The normalized spacial score (nSPS) is 12.1. The molecule has 4 rings (SSSR count). The highest BCUT2D eigenvalue weighted by Gasteiger charge is 2.19. The molecule has 35 heavy (non-hydrogen) atoms. The van der Waals surface area contributed by atoms with Crippen LogP contribution in [0.1, 0.15) is 11.1 Å². The molecule has 0 bridgehead atoms. The minimum absolute atomic E-state index is 0.00864. The van der Waals surface area contributed by atoms with Crippen LogP contribution >= 0.6 is 11.6 Å². The van der Waals surface area contributed by atoms with Gasteiger partial charge in [0.25, 0.3) is 5.56 Å². The Labute approximate surface area is 203 Å². The number of primary amides is 1. The largest absolute Gasteiger partial charge is 0.487 e. The molecule has 2 heterocycles. The van der Waals surface area contributed by atoms with Crippen molar-refractivity contribution in [2.75, 3.05) is 6.26 Å². The summed E-state index contributed by atoms with van der Waals surface area (Å²) in [6.07, 6.45) is 2.69. The van der Waals surface area contributed by atoms with Crippen molar-refractivity contribution < 1.29 is 22.5 Å². The van der Waals surface area contributed by atoms with Gasteiger partial charge < -0.3 is 15.0 Å². The lowest BCUT2D eigenvalue weighted by atomic mass is 10.2. The molecule has 0 saturated heterocycles. The highest BCUT2D eigenvalue weighted by atomic mass is 35.5. The number of pyridine rings is 1. The van der Waals surface area contributed by atoms with Crippen LogP contribution in [0.4, 0.5) is 13.6 Å². The van der Waals surface area contributed by atoms with Crippen LogP contribution in [0.25, 0.3) is 11.0 Å². The van der Waals surface area contributed by atoms with Gasteiger partial charge in [-0.1, -0.05) is 17.7 Å². The maximum Gasteiger partial charge on any atom is 0.349 e. The van der Waals surface area contributed by atoms with Crippen LogP contribution in [0.3, 0.4) is 0 Å². The second kappa shape index (κ2) is 9.47. The number of carbonyl (C=O) groups is 1. The van der Waals surface area contributed by atoms with Gasteiger partial charge in [-0.25, -0.2) is 31.1 Å². The number of nitrogens with zero attached hydrogens (tertiary/aromatic N) is 3. The number of hydrogen-bond donors (Lipinski definition) is 1. The first-order valence-electron chi connectivity index (χ1n) is 9.94. The van der Waals surface area contributed by atoms with E-state index in [-0.39, 0.29) is 40.5 Å². The van der Waals surface area contributed by atoms with Crippen molar-refractivity contribution in [3.63, 3.8) is 0 Å². The monoisotopic (exact) mass is 522 g/mol. The third-order valence-electron chi connectivity index (χ3n) is 5.16. The first kappa shape index (κ1) is 24.4. The van der Waals surface area contributed by atoms with E-state index in [2.05, 4.69) is 0 Å². The summed E-state index contributed by atoms with van der Waals surface area (Å²) in [4.78, 5) is 37.1. The van der Waals surface area contributed by atoms with Gasteiger partial charge in [0.2, 0.25) is 0 Å². The molecule has 182 valence electrons. The molecule has 0 radical (unpaired) electrons. The molecule has 1 atom stereocenters. The number of fused-ring (bicyclic) bond motifs is 1. The average molecular weight is 523 g/mol. The number of carbonyl (C=O) groups excluding carboxylic acids is 1. The van der Waals surface area contributed by atoms with Crippen molar-refractivity contribution in [3.8, 4) is 5.75 Å². The maximum atomic E-state index is 13.8. The van der Waals surface area contributed by atoms with Crippen LogP contribution < -0.4 is 21.7 Å². The predicted molar refractivity (Wildman–Crippen MR) is 126 cm³/mol. The van der Waals surface area contributed by atoms with Crippen LogP contribution in [0.2, 0.25) is 5.02 Å². The highest BCUT2D eigenvalue weighted by molar-refractivity contribution is 7.82. The molecule has 2 N–H and O–H groups in total. The third-order valence-corrected chi connectivity index (χ3v) is 6.38. The lowest BCUT2D eigenvalue weighted by molar-refractivity contribution is 0.250. The lowest BCUT2D eigenvalue weighted by Crippen LogP contribution is -2.33. The molecule has 2 aromatic carbocycles. The van der Waals surface area contributed by atoms with Crippen molar-refractivity contribution in [2.45, 2.75) is 13.2 Å². The minimum Gasteiger partial charge on any atom is -0.487 e. The van der Waals surface area contributed by atoms with Crippen molar-refractivity contribution in [1.29, 1.82) is 0 Å². The molecular formula is C22H17ClF2N4O5S. The molecule has 0 fully saturated rings. The Bertz CT molecular complexity index is 1630. The second-order valence-electron chi connectivity index (χ2n) is 7.45. The minimum atomic E-state index is -1.74. The molecule has 0 aliphatic heterocycles. The Kier molecular flexibility index (Phi) is 6.59. The van der Waals surface area contributed by atoms with Crippen LogP contribution in [0.15, 0.2) is 58.3 Å². The van der Waals surface area contributed by atoms with Crippen molar-refractivity contribution in [2.24, 2.45) is 5.73 Å². The van der Waals surface area contributed by atoms with E-state index in [0.29, 0.717) is 10.1 Å². The average Bonchev–Trinajstić information content (AvgIpc) is 3.08. The van der Waals surface area contributed by atoms with Gasteiger partial charge in [-0.2, -0.15) is 0 Å². The van der Waals surface area contributed by atoms with Gasteiger partial charge in [0.05, 0.1) is 17.6 Å². The molecule has 0 spiro atoms. The molecule has 1 amide bonds. The van der Waals surface area contributed by atoms with Crippen LogP contribution in [0.5, 0.6) is 5.75 Å². The van der Waals surface area contributed by atoms with E-state index in [9.17, 15) is 27.4 Å². The van der Waals surface area contributed by atoms with Crippen LogP contribution in [-0.4, -0.2) is 29.6 Å². The zero-order chi connectivity index (χ0) is 25.4. The van der Waals surface area contributed by atoms with Crippen LogP contribution in [0, 0.1) is 11.6 Å². The Morgan fingerprint density at radius 3 is 2.51 bits per heavy atom. The number of imidazole rings is 1. The van der Waals surface area contributed by atoms with E-state index < -0.39 is 39.9 Å². The van der Waals surface area contributed by atoms with E-state index in [1.807, 2.05) is 0 Å². The van der Waals surface area contributed by atoms with Crippen molar-refractivity contribution in [3.05, 3.63) is 97.3 Å². The molecule has 0 saturated carbocycles. The molecule has 0 aliphatic rings. The van der Waals surface area contributed by atoms with E-state index >= 15 is 0 Å². The number of aromatic nitrogens is 3. The van der Waals surface area contributed by atoms with E-state index in [1.165, 1.54) is 41.3 Å². The Hall–Kier alpha value is -3.77. The molecule has 1 unspecified atom stereocenters. The summed E-state index contributed by atoms with van der Waals surface area (Å²) in [5.41, 5.74) is 4.85. The predicted octanol–water partition coefficient (Wildman–Crippen LogP) is 2.59. The first-order chi connectivity index (χ1) is 16.6. The Morgan fingerprint density at radius 2 is 1.86 bits per heavy atom. The zero-order valence-electron chi connectivity index (χ0n) is 18.0. The summed E-state index contributed by atoms with van der Waals surface area (Å²) < 4.78 is 47.2. The Morgan fingerprint density at radius 1 is 1.11 bits per heavy atom. The summed E-state index contributed by atoms with van der Waals surface area (Å²) in [6.45, 7) is -0.263. The fourth-order valence-electron chi connectivity index (χ4n) is 3.53. The van der Waals surface area contributed by atoms with E-state index in [1.54, 1.807) is 6.07 Å². The van der Waals surface area contributed by atoms with Crippen LogP contribution in [-0.2, 0) is 24.1 Å². The Balaban J connectivity index is 1.63. The molecule has 9 nitrogen and oxygen atoms in total. The number of amides is 1. The molecular weight excluding hydrogens is 506 g/mol. The van der Waals surface area contributed by atoms with Gasteiger partial charge in [-0.05, 0) is 35.9 Å². The summed E-state index contributed by atoms with van der Waals surface area (Å²) in [6, 6.07) is 7.98. The van der Waals surface area contributed by atoms with Crippen molar-refractivity contribution >= 4 is 39.7 Å². The number of benzene rings is 2. The molecule has 2 aromatic heterocycles. The topological polar surface area (TPSA) is 118 Å². The summed E-state index contributed by atoms with van der Waals surface area (Å²) >= 11 is 6.16. The highest BCUT2D eigenvalue weighted by Crippen LogP contribution is 2.23. The summed E-state index contributed by atoms with van der Waals surface area (Å²) in [7, 11) is -1.74. The zero-order valence-corrected chi connectivity index (χ0v) is 19.6. The second-order valence-corrected chi connectivity index (χ2v) is 9.04. The number of nitrogens with two attached hydrogens (primary N) is 1. The maximum absolute atomic E-state index is 13.8. The molecule has 0 aliphatic carbocycles.